The van der Waals surface area contributed by atoms with Crippen molar-refractivity contribution in [1.82, 2.24) is 4.57 Å². The van der Waals surface area contributed by atoms with Gasteiger partial charge in [0.25, 0.3) is 5.56 Å². The zero-order valence-electron chi connectivity index (χ0n) is 20.1. The van der Waals surface area contributed by atoms with Crippen molar-refractivity contribution in [2.24, 2.45) is 0 Å². The van der Waals surface area contributed by atoms with Gasteiger partial charge in [-0.1, -0.05) is 53.5 Å². The monoisotopic (exact) mass is 539 g/mol. The van der Waals surface area contributed by atoms with Gasteiger partial charge in [0, 0.05) is 12.2 Å². The summed E-state index contributed by atoms with van der Waals surface area (Å²) < 4.78 is 46.0. The number of aromatic nitrogens is 1. The molecule has 36 heavy (non-hydrogen) atoms. The fourth-order valence-electron chi connectivity index (χ4n) is 3.68. The largest absolute Gasteiger partial charge is 0.456 e. The van der Waals surface area contributed by atoms with E-state index in [1.165, 1.54) is 16.7 Å². The fraction of sp³-hybridized carbons (Fsp3) is 0.333. The summed E-state index contributed by atoms with van der Waals surface area (Å²) in [6, 6.07) is 13.3. The Balaban J connectivity index is 1.77. The van der Waals surface area contributed by atoms with Crippen molar-refractivity contribution in [2.45, 2.75) is 58.4 Å². The van der Waals surface area contributed by atoms with Crippen molar-refractivity contribution in [3.8, 4) is 0 Å². The van der Waals surface area contributed by atoms with E-state index in [4.69, 9.17) is 27.9 Å². The maximum Gasteiger partial charge on any atom is 0.416 e. The molecule has 0 aliphatic rings. The SMILES string of the molecule is CC(C)(C)OC(=O)c1ccc(CCn2c(CCc3cccc(C(F)(F)F)c3)c(Cl)cc(Cl)c2=O)cc1. The first-order valence-corrected chi connectivity index (χ1v) is 12.1. The summed E-state index contributed by atoms with van der Waals surface area (Å²) in [5.74, 6) is -0.427. The van der Waals surface area contributed by atoms with Gasteiger partial charge >= 0.3 is 12.1 Å². The molecule has 4 nitrogen and oxygen atoms in total. The van der Waals surface area contributed by atoms with Crippen LogP contribution in [0.1, 0.15) is 53.5 Å². The third kappa shape index (κ3) is 7.37. The highest BCUT2D eigenvalue weighted by atomic mass is 35.5. The van der Waals surface area contributed by atoms with Gasteiger partial charge < -0.3 is 9.30 Å². The van der Waals surface area contributed by atoms with E-state index >= 15 is 0 Å². The van der Waals surface area contributed by atoms with Crippen LogP contribution in [0, 0.1) is 0 Å². The first-order valence-electron chi connectivity index (χ1n) is 11.3. The number of esters is 1. The van der Waals surface area contributed by atoms with Gasteiger partial charge in [0.15, 0.2) is 0 Å². The van der Waals surface area contributed by atoms with E-state index in [1.54, 1.807) is 51.1 Å². The second-order valence-electron chi connectivity index (χ2n) is 9.39. The molecule has 3 rings (SSSR count). The molecule has 192 valence electrons. The van der Waals surface area contributed by atoms with Crippen LogP contribution in [0.5, 0.6) is 0 Å². The molecule has 0 saturated carbocycles. The maximum absolute atomic E-state index is 13.1. The fourth-order valence-corrected chi connectivity index (χ4v) is 4.25. The molecule has 2 aromatic carbocycles. The maximum atomic E-state index is 13.1. The molecular weight excluding hydrogens is 514 g/mol. The molecule has 0 radical (unpaired) electrons. The van der Waals surface area contributed by atoms with Gasteiger partial charge in [-0.15, -0.1) is 0 Å². The van der Waals surface area contributed by atoms with E-state index in [0.717, 1.165) is 17.7 Å². The second-order valence-corrected chi connectivity index (χ2v) is 10.2. The Bertz CT molecular complexity index is 1290. The van der Waals surface area contributed by atoms with Gasteiger partial charge in [-0.25, -0.2) is 4.79 Å². The number of nitrogens with zero attached hydrogens (tertiary/aromatic N) is 1. The molecule has 0 aliphatic carbocycles. The second kappa shape index (κ2) is 11.1. The Hall–Kier alpha value is -2.77. The topological polar surface area (TPSA) is 48.3 Å². The highest BCUT2D eigenvalue weighted by molar-refractivity contribution is 6.34. The van der Waals surface area contributed by atoms with Gasteiger partial charge in [0.1, 0.15) is 10.6 Å². The molecule has 0 spiro atoms. The lowest BCUT2D eigenvalue weighted by Crippen LogP contribution is -2.26. The lowest BCUT2D eigenvalue weighted by molar-refractivity contribution is -0.137. The van der Waals surface area contributed by atoms with Gasteiger partial charge in [-0.05, 0) is 75.4 Å². The molecule has 1 heterocycles. The van der Waals surface area contributed by atoms with Crippen molar-refractivity contribution in [3.05, 3.63) is 103 Å². The average Bonchev–Trinajstić information content (AvgIpc) is 2.78. The van der Waals surface area contributed by atoms with Gasteiger partial charge in [0.2, 0.25) is 0 Å². The number of aryl methyl sites for hydroxylation is 2. The van der Waals surface area contributed by atoms with Gasteiger partial charge in [0.05, 0.1) is 16.1 Å². The van der Waals surface area contributed by atoms with Crippen LogP contribution in [0.4, 0.5) is 13.2 Å². The quantitative estimate of drug-likeness (QED) is 0.299. The Labute approximate surface area is 217 Å². The van der Waals surface area contributed by atoms with E-state index in [1.807, 2.05) is 0 Å². The van der Waals surface area contributed by atoms with Crippen LogP contribution in [-0.4, -0.2) is 16.1 Å². The van der Waals surface area contributed by atoms with Crippen LogP contribution in [0.2, 0.25) is 10.0 Å². The number of hydrogen-bond donors (Lipinski definition) is 0. The molecule has 0 unspecified atom stereocenters. The predicted octanol–water partition coefficient (Wildman–Crippen LogP) is 7.16. The first kappa shape index (κ1) is 27.8. The van der Waals surface area contributed by atoms with E-state index < -0.39 is 28.9 Å². The highest BCUT2D eigenvalue weighted by Crippen LogP contribution is 2.30. The van der Waals surface area contributed by atoms with E-state index in [2.05, 4.69) is 0 Å². The zero-order valence-corrected chi connectivity index (χ0v) is 21.6. The number of ether oxygens (including phenoxy) is 1. The third-order valence-electron chi connectivity index (χ3n) is 5.42. The molecule has 1 aromatic heterocycles. The average molecular weight is 540 g/mol. The van der Waals surface area contributed by atoms with Crippen molar-refractivity contribution in [3.63, 3.8) is 0 Å². The molecule has 0 amide bonds. The minimum absolute atomic E-state index is 0.0388. The number of rotatable bonds is 7. The van der Waals surface area contributed by atoms with Gasteiger partial charge in [-0.3, -0.25) is 4.79 Å². The zero-order chi connectivity index (χ0) is 26.7. The van der Waals surface area contributed by atoms with Crippen molar-refractivity contribution in [1.29, 1.82) is 0 Å². The number of halogens is 5. The smallest absolute Gasteiger partial charge is 0.416 e. The summed E-state index contributed by atoms with van der Waals surface area (Å²) >= 11 is 12.5. The number of alkyl halides is 3. The van der Waals surface area contributed by atoms with Crippen LogP contribution in [0.15, 0.2) is 59.4 Å². The van der Waals surface area contributed by atoms with Crippen LogP contribution in [0.25, 0.3) is 0 Å². The Morgan fingerprint density at radius 3 is 2.17 bits per heavy atom. The number of carbonyl (C=O) groups is 1. The molecule has 0 aliphatic heterocycles. The summed E-state index contributed by atoms with van der Waals surface area (Å²) in [7, 11) is 0. The first-order chi connectivity index (χ1) is 16.7. The summed E-state index contributed by atoms with van der Waals surface area (Å²) in [6.07, 6.45) is -3.48. The van der Waals surface area contributed by atoms with Crippen molar-refractivity contribution < 1.29 is 22.7 Å². The number of benzene rings is 2. The Morgan fingerprint density at radius 2 is 1.56 bits per heavy atom. The summed E-state index contributed by atoms with van der Waals surface area (Å²) in [4.78, 5) is 25.0. The summed E-state index contributed by atoms with van der Waals surface area (Å²) in [6.45, 7) is 5.62. The van der Waals surface area contributed by atoms with Crippen LogP contribution >= 0.6 is 23.2 Å². The summed E-state index contributed by atoms with van der Waals surface area (Å²) in [5, 5.41) is 0.231. The molecule has 3 aromatic rings. The minimum atomic E-state index is -4.44. The van der Waals surface area contributed by atoms with Crippen LogP contribution in [0.3, 0.4) is 0 Å². The number of carbonyl (C=O) groups excluding carboxylic acids is 1. The number of pyridine rings is 1. The van der Waals surface area contributed by atoms with E-state index in [-0.39, 0.29) is 29.4 Å². The summed E-state index contributed by atoms with van der Waals surface area (Å²) in [5.41, 5.74) is 0.502. The van der Waals surface area contributed by atoms with Crippen LogP contribution < -0.4 is 5.56 Å². The number of hydrogen-bond acceptors (Lipinski definition) is 3. The Morgan fingerprint density at radius 1 is 0.889 bits per heavy atom. The minimum Gasteiger partial charge on any atom is -0.456 e. The standard InChI is InChI=1S/C27H26Cl2F3NO3/c1-26(2,3)36-25(35)19-10-7-17(8-11-19)13-14-33-23(21(28)16-22(29)24(33)34)12-9-18-5-4-6-20(15-18)27(30,31)32/h4-8,10-11,15-16H,9,12-14H2,1-3H3. The molecule has 0 bridgehead atoms. The molecule has 0 saturated heterocycles. The normalized spacial score (nSPS) is 12.0. The Kier molecular flexibility index (Phi) is 8.57. The predicted molar refractivity (Wildman–Crippen MR) is 135 cm³/mol. The van der Waals surface area contributed by atoms with E-state index in [0.29, 0.717) is 23.2 Å². The van der Waals surface area contributed by atoms with Gasteiger partial charge in [-0.2, -0.15) is 13.2 Å². The lowest BCUT2D eigenvalue weighted by Gasteiger charge is -2.19. The highest BCUT2D eigenvalue weighted by Gasteiger charge is 2.30. The van der Waals surface area contributed by atoms with Crippen LogP contribution in [-0.2, 0) is 36.7 Å². The molecule has 9 heteroatoms. The van der Waals surface area contributed by atoms with E-state index in [9.17, 15) is 22.8 Å². The molecular formula is C27H26Cl2F3NO3. The molecule has 0 N–H and O–H groups in total. The van der Waals surface area contributed by atoms with Crippen molar-refractivity contribution >= 4 is 29.2 Å². The lowest BCUT2D eigenvalue weighted by atomic mass is 10.0. The third-order valence-corrected chi connectivity index (χ3v) is 6.02. The van der Waals surface area contributed by atoms with Crippen molar-refractivity contribution in [2.75, 3.05) is 0 Å². The molecule has 0 atom stereocenters. The molecule has 0 fully saturated rings.